The number of aromatic nitrogens is 1. The van der Waals surface area contributed by atoms with Crippen LogP contribution >= 0.6 is 11.6 Å². The molecule has 1 aliphatic rings. The van der Waals surface area contributed by atoms with Gasteiger partial charge in [-0.05, 0) is 48.6 Å². The quantitative estimate of drug-likeness (QED) is 0.489. The average molecular weight is 444 g/mol. The third kappa shape index (κ3) is 5.63. The second-order valence-electron chi connectivity index (χ2n) is 8.52. The van der Waals surface area contributed by atoms with Crippen molar-refractivity contribution < 1.29 is 13.9 Å². The van der Waals surface area contributed by atoms with Gasteiger partial charge < -0.3 is 19.2 Å². The molecular formula is C24H30ClN3O3. The van der Waals surface area contributed by atoms with Crippen LogP contribution in [0, 0.1) is 5.92 Å². The van der Waals surface area contributed by atoms with Gasteiger partial charge in [-0.1, -0.05) is 31.5 Å². The van der Waals surface area contributed by atoms with Crippen LogP contribution in [0.15, 0.2) is 40.8 Å². The molecule has 0 atom stereocenters. The molecule has 1 aliphatic heterocycles. The Labute approximate surface area is 188 Å². The Morgan fingerprint density at radius 1 is 1.16 bits per heavy atom. The number of piperidine rings is 1. The zero-order valence-electron chi connectivity index (χ0n) is 18.4. The molecule has 0 aliphatic carbocycles. The molecule has 0 radical (unpaired) electrons. The molecule has 0 saturated carbocycles. The third-order valence-electron chi connectivity index (χ3n) is 5.47. The summed E-state index contributed by atoms with van der Waals surface area (Å²) in [6.07, 6.45) is 2.07. The highest BCUT2D eigenvalue weighted by Crippen LogP contribution is 2.30. The van der Waals surface area contributed by atoms with Crippen LogP contribution in [-0.2, 0) is 6.54 Å². The maximum Gasteiger partial charge on any atom is 0.295 e. The topological polar surface area (TPSA) is 59.8 Å². The van der Waals surface area contributed by atoms with Gasteiger partial charge >= 0.3 is 0 Å². The summed E-state index contributed by atoms with van der Waals surface area (Å²) in [6.45, 7) is 7.89. The number of anilines is 1. The van der Waals surface area contributed by atoms with Crippen LogP contribution in [0.4, 0.5) is 6.01 Å². The lowest BCUT2D eigenvalue weighted by Crippen LogP contribution is -2.38. The van der Waals surface area contributed by atoms with E-state index in [-0.39, 0.29) is 0 Å². The molecule has 6 nitrogen and oxygen atoms in total. The SMILES string of the molecule is COc1ccc(CN2CCC(Nc3nc4ccc(Cl)cc4o3)CC2)cc1OCC(C)C. The van der Waals surface area contributed by atoms with Crippen molar-refractivity contribution in [3.05, 3.63) is 47.0 Å². The molecule has 1 saturated heterocycles. The van der Waals surface area contributed by atoms with E-state index in [9.17, 15) is 0 Å². The largest absolute Gasteiger partial charge is 0.493 e. The van der Waals surface area contributed by atoms with Crippen molar-refractivity contribution in [2.24, 2.45) is 5.92 Å². The normalized spacial score (nSPS) is 15.5. The Balaban J connectivity index is 1.31. The van der Waals surface area contributed by atoms with E-state index >= 15 is 0 Å². The Kier molecular flexibility index (Phi) is 6.88. The van der Waals surface area contributed by atoms with E-state index < -0.39 is 0 Å². The van der Waals surface area contributed by atoms with E-state index in [0.29, 0.717) is 35.2 Å². The van der Waals surface area contributed by atoms with Crippen LogP contribution < -0.4 is 14.8 Å². The number of ether oxygens (including phenoxy) is 2. The molecule has 1 N–H and O–H groups in total. The molecular weight excluding hydrogens is 414 g/mol. The average Bonchev–Trinajstić information content (AvgIpc) is 3.15. The van der Waals surface area contributed by atoms with Crippen LogP contribution in [0.3, 0.4) is 0 Å². The van der Waals surface area contributed by atoms with Crippen LogP contribution in [0.1, 0.15) is 32.3 Å². The predicted molar refractivity (Wildman–Crippen MR) is 124 cm³/mol. The van der Waals surface area contributed by atoms with Crippen molar-refractivity contribution in [1.29, 1.82) is 0 Å². The number of benzene rings is 2. The minimum absolute atomic E-state index is 0.348. The zero-order chi connectivity index (χ0) is 21.8. The summed E-state index contributed by atoms with van der Waals surface area (Å²) in [5, 5.41) is 4.09. The Bertz CT molecular complexity index is 1010. The lowest BCUT2D eigenvalue weighted by atomic mass is 10.0. The maximum atomic E-state index is 6.03. The fourth-order valence-electron chi connectivity index (χ4n) is 3.82. The number of fused-ring (bicyclic) bond motifs is 1. The second kappa shape index (κ2) is 9.79. The van der Waals surface area contributed by atoms with Crippen molar-refractivity contribution >= 4 is 28.7 Å². The molecule has 4 rings (SSSR count). The van der Waals surface area contributed by atoms with Crippen molar-refractivity contribution in [2.45, 2.75) is 39.3 Å². The summed E-state index contributed by atoms with van der Waals surface area (Å²) in [5.74, 6) is 2.08. The number of methoxy groups -OCH3 is 1. The molecule has 166 valence electrons. The van der Waals surface area contributed by atoms with Gasteiger partial charge in [0.15, 0.2) is 17.1 Å². The monoisotopic (exact) mass is 443 g/mol. The summed E-state index contributed by atoms with van der Waals surface area (Å²) >= 11 is 6.03. The van der Waals surface area contributed by atoms with Crippen molar-refractivity contribution in [1.82, 2.24) is 9.88 Å². The van der Waals surface area contributed by atoms with Gasteiger partial charge in [-0.3, -0.25) is 4.90 Å². The van der Waals surface area contributed by atoms with E-state index in [1.807, 2.05) is 18.2 Å². The first kappa shape index (κ1) is 21.8. The van der Waals surface area contributed by atoms with E-state index in [1.165, 1.54) is 5.56 Å². The van der Waals surface area contributed by atoms with E-state index in [0.717, 1.165) is 49.5 Å². The maximum absolute atomic E-state index is 6.03. The smallest absolute Gasteiger partial charge is 0.295 e. The number of oxazole rings is 1. The first-order valence-electron chi connectivity index (χ1n) is 10.8. The number of likely N-dealkylation sites (tertiary alicyclic amines) is 1. The van der Waals surface area contributed by atoms with Crippen LogP contribution in [0.5, 0.6) is 11.5 Å². The molecule has 7 heteroatoms. The molecule has 0 spiro atoms. The van der Waals surface area contributed by atoms with Gasteiger partial charge in [-0.15, -0.1) is 0 Å². The van der Waals surface area contributed by atoms with Crippen LogP contribution in [0.2, 0.25) is 5.02 Å². The number of hydrogen-bond donors (Lipinski definition) is 1. The third-order valence-corrected chi connectivity index (χ3v) is 5.71. The number of nitrogens with one attached hydrogen (secondary N) is 1. The molecule has 1 aromatic heterocycles. The number of halogens is 1. The van der Waals surface area contributed by atoms with Gasteiger partial charge in [0, 0.05) is 36.8 Å². The first-order chi connectivity index (χ1) is 15.0. The Morgan fingerprint density at radius 3 is 2.71 bits per heavy atom. The van der Waals surface area contributed by atoms with Gasteiger partial charge in [0.05, 0.1) is 13.7 Å². The summed E-state index contributed by atoms with van der Waals surface area (Å²) in [7, 11) is 1.68. The summed E-state index contributed by atoms with van der Waals surface area (Å²) in [5.41, 5.74) is 2.77. The molecule has 0 amide bonds. The second-order valence-corrected chi connectivity index (χ2v) is 8.95. The molecule has 2 heterocycles. The molecule has 1 fully saturated rings. The standard InChI is InChI=1S/C24H30ClN3O3/c1-16(2)15-30-23-12-17(4-7-21(23)29-3)14-28-10-8-19(9-11-28)26-24-27-20-6-5-18(25)13-22(20)31-24/h4-7,12-13,16,19H,8-11,14-15H2,1-3H3,(H,26,27). The van der Waals surface area contributed by atoms with E-state index in [1.54, 1.807) is 13.2 Å². The lowest BCUT2D eigenvalue weighted by Gasteiger charge is -2.32. The fourth-order valence-corrected chi connectivity index (χ4v) is 3.98. The summed E-state index contributed by atoms with van der Waals surface area (Å²) < 4.78 is 17.2. The van der Waals surface area contributed by atoms with Crippen molar-refractivity contribution in [2.75, 3.05) is 32.1 Å². The van der Waals surface area contributed by atoms with E-state index in [4.69, 9.17) is 25.5 Å². The van der Waals surface area contributed by atoms with Crippen LogP contribution in [-0.4, -0.2) is 42.7 Å². The fraction of sp³-hybridized carbons (Fsp3) is 0.458. The molecule has 3 aromatic rings. The van der Waals surface area contributed by atoms with Gasteiger partial charge in [-0.2, -0.15) is 4.98 Å². The van der Waals surface area contributed by atoms with Gasteiger partial charge in [0.1, 0.15) is 5.52 Å². The summed E-state index contributed by atoms with van der Waals surface area (Å²) in [6, 6.07) is 12.6. The highest BCUT2D eigenvalue weighted by Gasteiger charge is 2.21. The number of rotatable bonds is 8. The highest BCUT2D eigenvalue weighted by molar-refractivity contribution is 6.31. The van der Waals surface area contributed by atoms with Gasteiger partial charge in [0.2, 0.25) is 0 Å². The van der Waals surface area contributed by atoms with Crippen molar-refractivity contribution in [3.8, 4) is 11.5 Å². The molecule has 0 bridgehead atoms. The minimum atomic E-state index is 0.348. The lowest BCUT2D eigenvalue weighted by molar-refractivity contribution is 0.209. The van der Waals surface area contributed by atoms with Gasteiger partial charge in [-0.25, -0.2) is 0 Å². The molecule has 0 unspecified atom stereocenters. The molecule has 31 heavy (non-hydrogen) atoms. The number of hydrogen-bond acceptors (Lipinski definition) is 6. The first-order valence-corrected chi connectivity index (χ1v) is 11.2. The Morgan fingerprint density at radius 2 is 1.97 bits per heavy atom. The Hall–Kier alpha value is -2.44. The van der Waals surface area contributed by atoms with E-state index in [2.05, 4.69) is 41.2 Å². The molecule has 2 aromatic carbocycles. The summed E-state index contributed by atoms with van der Waals surface area (Å²) in [4.78, 5) is 6.98. The predicted octanol–water partition coefficient (Wildman–Crippen LogP) is 5.60. The van der Waals surface area contributed by atoms with Crippen LogP contribution in [0.25, 0.3) is 11.1 Å². The zero-order valence-corrected chi connectivity index (χ0v) is 19.1. The van der Waals surface area contributed by atoms with Gasteiger partial charge in [0.25, 0.3) is 6.01 Å². The van der Waals surface area contributed by atoms with Crippen molar-refractivity contribution in [3.63, 3.8) is 0 Å². The number of nitrogens with zero attached hydrogens (tertiary/aromatic N) is 2. The minimum Gasteiger partial charge on any atom is -0.493 e. The highest BCUT2D eigenvalue weighted by atomic mass is 35.5.